The summed E-state index contributed by atoms with van der Waals surface area (Å²) in [4.78, 5) is 28.4. The fourth-order valence-electron chi connectivity index (χ4n) is 2.64. The van der Waals surface area contributed by atoms with E-state index in [1.807, 2.05) is 50.2 Å². The number of nitrogens with one attached hydrogen (secondary N) is 1. The fraction of sp³-hybridized carbons (Fsp3) is 0.364. The van der Waals surface area contributed by atoms with Gasteiger partial charge in [0.05, 0.1) is 5.75 Å². The lowest BCUT2D eigenvalue weighted by molar-refractivity contribution is -0.138. The van der Waals surface area contributed by atoms with E-state index in [0.717, 1.165) is 21.4 Å². The van der Waals surface area contributed by atoms with Gasteiger partial charge in [-0.15, -0.1) is 11.8 Å². The third kappa shape index (κ3) is 7.68. The normalized spacial score (nSPS) is 12.9. The lowest BCUT2D eigenvalue weighted by Crippen LogP contribution is -2.50. The third-order valence-corrected chi connectivity index (χ3v) is 6.33. The van der Waals surface area contributed by atoms with Crippen molar-refractivity contribution in [1.82, 2.24) is 10.2 Å². The largest absolute Gasteiger partial charge is 0.352 e. The van der Waals surface area contributed by atoms with Crippen LogP contribution in [0.3, 0.4) is 0 Å². The van der Waals surface area contributed by atoms with Gasteiger partial charge in [0, 0.05) is 27.0 Å². The lowest BCUT2D eigenvalue weighted by atomic mass is 10.1. The molecule has 0 fully saturated rings. The molecule has 0 saturated heterocycles. The molecule has 0 radical (unpaired) electrons. The summed E-state index contributed by atoms with van der Waals surface area (Å²) in [5.74, 6) is 0.0206. The Morgan fingerprint density at radius 3 is 2.48 bits per heavy atom. The molecule has 0 aliphatic carbocycles. The number of benzene rings is 2. The summed E-state index contributed by atoms with van der Waals surface area (Å²) in [5.41, 5.74) is 0.965. The van der Waals surface area contributed by atoms with Crippen LogP contribution in [0.4, 0.5) is 0 Å². The molecule has 7 heteroatoms. The molecule has 2 amide bonds. The van der Waals surface area contributed by atoms with E-state index in [1.165, 1.54) is 11.8 Å². The van der Waals surface area contributed by atoms with E-state index in [9.17, 15) is 9.59 Å². The molecule has 0 unspecified atom stereocenters. The van der Waals surface area contributed by atoms with Crippen LogP contribution in [0.5, 0.6) is 0 Å². The molecular weight excluding hydrogens is 472 g/mol. The van der Waals surface area contributed by atoms with Crippen LogP contribution in [0.25, 0.3) is 0 Å². The smallest absolute Gasteiger partial charge is 0.242 e. The molecule has 2 rings (SSSR count). The van der Waals surface area contributed by atoms with Crippen molar-refractivity contribution in [3.63, 3.8) is 0 Å². The fourth-order valence-corrected chi connectivity index (χ4v) is 4.00. The summed E-state index contributed by atoms with van der Waals surface area (Å²) in [5, 5.41) is 3.64. The summed E-state index contributed by atoms with van der Waals surface area (Å²) in [7, 11) is 0. The summed E-state index contributed by atoms with van der Waals surface area (Å²) in [6.45, 7) is 6.12. The van der Waals surface area contributed by atoms with E-state index >= 15 is 0 Å². The first-order valence-corrected chi connectivity index (χ1v) is 11.7. The summed E-state index contributed by atoms with van der Waals surface area (Å²) in [6, 6.07) is 14.7. The minimum Gasteiger partial charge on any atom is -0.352 e. The number of carbonyl (C=O) groups excluding carboxylic acids is 2. The van der Waals surface area contributed by atoms with E-state index in [-0.39, 0.29) is 23.6 Å². The van der Waals surface area contributed by atoms with Crippen molar-refractivity contribution in [3.8, 4) is 0 Å². The zero-order chi connectivity index (χ0) is 21.4. The van der Waals surface area contributed by atoms with Crippen LogP contribution < -0.4 is 5.32 Å². The molecule has 4 nitrogen and oxygen atoms in total. The quantitative estimate of drug-likeness (QED) is 0.464. The van der Waals surface area contributed by atoms with Gasteiger partial charge in [0.25, 0.3) is 0 Å². The highest BCUT2D eigenvalue weighted by molar-refractivity contribution is 9.10. The molecule has 0 saturated carbocycles. The number of hydrogen-bond donors (Lipinski definition) is 1. The summed E-state index contributed by atoms with van der Waals surface area (Å²) < 4.78 is 0.939. The molecule has 0 spiro atoms. The van der Waals surface area contributed by atoms with Crippen LogP contribution in [0, 0.1) is 0 Å². The number of halogens is 2. The van der Waals surface area contributed by atoms with Gasteiger partial charge in [0.2, 0.25) is 11.8 Å². The Hall–Kier alpha value is -1.50. The first kappa shape index (κ1) is 23.8. The Bertz CT molecular complexity index is 832. The number of carbonyl (C=O) groups is 2. The average Bonchev–Trinajstić information content (AvgIpc) is 2.70. The van der Waals surface area contributed by atoms with Crippen molar-refractivity contribution in [1.29, 1.82) is 0 Å². The second-order valence-corrected chi connectivity index (χ2v) is 9.29. The van der Waals surface area contributed by atoms with Gasteiger partial charge in [0.1, 0.15) is 6.04 Å². The molecule has 0 aromatic heterocycles. The number of rotatable bonds is 9. The maximum atomic E-state index is 13.1. The molecule has 156 valence electrons. The Morgan fingerprint density at radius 2 is 1.86 bits per heavy atom. The van der Waals surface area contributed by atoms with Crippen molar-refractivity contribution < 1.29 is 9.59 Å². The maximum absolute atomic E-state index is 13.1. The van der Waals surface area contributed by atoms with E-state index in [1.54, 1.807) is 24.0 Å². The molecule has 2 atom stereocenters. The van der Waals surface area contributed by atoms with Crippen LogP contribution >= 0.6 is 39.3 Å². The van der Waals surface area contributed by atoms with Crippen LogP contribution in [0.15, 0.2) is 57.9 Å². The molecule has 0 aliphatic rings. The zero-order valence-electron chi connectivity index (χ0n) is 16.8. The van der Waals surface area contributed by atoms with Crippen molar-refractivity contribution in [2.45, 2.75) is 50.7 Å². The minimum atomic E-state index is -0.568. The Balaban J connectivity index is 2.14. The second-order valence-electron chi connectivity index (χ2n) is 6.89. The zero-order valence-corrected chi connectivity index (χ0v) is 20.0. The first-order valence-electron chi connectivity index (χ1n) is 9.52. The number of thioether (sulfide) groups is 1. The second kappa shape index (κ2) is 11.6. The standard InChI is InChI=1S/C22H26BrClN2O2S/c1-4-15(2)25-22(28)16(3)26(13-17-6-5-7-18(23)12-17)21(27)14-29-20-10-8-19(24)9-11-20/h5-12,15-16H,4,13-14H2,1-3H3,(H,25,28)/t15-,16-/m0/s1. The van der Waals surface area contributed by atoms with E-state index in [2.05, 4.69) is 21.2 Å². The van der Waals surface area contributed by atoms with Gasteiger partial charge in [-0.3, -0.25) is 9.59 Å². The van der Waals surface area contributed by atoms with E-state index in [0.29, 0.717) is 11.6 Å². The van der Waals surface area contributed by atoms with Gasteiger partial charge in [-0.25, -0.2) is 0 Å². The Labute approximate surface area is 190 Å². The van der Waals surface area contributed by atoms with Crippen LogP contribution in [0.1, 0.15) is 32.8 Å². The predicted octanol–water partition coefficient (Wildman–Crippen LogP) is 5.53. The summed E-state index contributed by atoms with van der Waals surface area (Å²) >= 11 is 10.8. The van der Waals surface area contributed by atoms with Crippen molar-refractivity contribution in [3.05, 3.63) is 63.6 Å². The lowest BCUT2D eigenvalue weighted by Gasteiger charge is -2.29. The number of amides is 2. The molecule has 29 heavy (non-hydrogen) atoms. The van der Waals surface area contributed by atoms with Gasteiger partial charge in [0.15, 0.2) is 0 Å². The van der Waals surface area contributed by atoms with Crippen LogP contribution in [0.2, 0.25) is 5.02 Å². The highest BCUT2D eigenvalue weighted by Gasteiger charge is 2.26. The molecule has 0 heterocycles. The molecular formula is C22H26BrClN2O2S. The van der Waals surface area contributed by atoms with Crippen molar-refractivity contribution in [2.75, 3.05) is 5.75 Å². The number of hydrogen-bond acceptors (Lipinski definition) is 3. The van der Waals surface area contributed by atoms with Crippen LogP contribution in [-0.2, 0) is 16.1 Å². The molecule has 1 N–H and O–H groups in total. The third-order valence-electron chi connectivity index (χ3n) is 4.59. The van der Waals surface area contributed by atoms with Gasteiger partial charge in [-0.2, -0.15) is 0 Å². The average molecular weight is 498 g/mol. The predicted molar refractivity (Wildman–Crippen MR) is 124 cm³/mol. The Morgan fingerprint density at radius 1 is 1.17 bits per heavy atom. The first-order chi connectivity index (χ1) is 13.8. The minimum absolute atomic E-state index is 0.0659. The number of nitrogens with zero attached hydrogens (tertiary/aromatic N) is 1. The highest BCUT2D eigenvalue weighted by Crippen LogP contribution is 2.22. The Kier molecular flexibility index (Phi) is 9.53. The van der Waals surface area contributed by atoms with Gasteiger partial charge in [-0.1, -0.05) is 46.6 Å². The van der Waals surface area contributed by atoms with Gasteiger partial charge in [-0.05, 0) is 62.2 Å². The summed E-state index contributed by atoms with van der Waals surface area (Å²) in [6.07, 6.45) is 0.838. The highest BCUT2D eigenvalue weighted by atomic mass is 79.9. The van der Waals surface area contributed by atoms with Crippen molar-refractivity contribution in [2.24, 2.45) is 0 Å². The molecule has 0 aliphatic heterocycles. The topological polar surface area (TPSA) is 49.4 Å². The molecule has 2 aromatic rings. The maximum Gasteiger partial charge on any atom is 0.242 e. The van der Waals surface area contributed by atoms with Crippen LogP contribution in [-0.4, -0.2) is 34.6 Å². The van der Waals surface area contributed by atoms with E-state index < -0.39 is 6.04 Å². The van der Waals surface area contributed by atoms with Crippen molar-refractivity contribution >= 4 is 51.1 Å². The van der Waals surface area contributed by atoms with E-state index in [4.69, 9.17) is 11.6 Å². The van der Waals surface area contributed by atoms with Gasteiger partial charge >= 0.3 is 0 Å². The molecule has 0 bridgehead atoms. The van der Waals surface area contributed by atoms with Gasteiger partial charge < -0.3 is 10.2 Å². The monoisotopic (exact) mass is 496 g/mol. The SMILES string of the molecule is CC[C@H](C)NC(=O)[C@H](C)N(Cc1cccc(Br)c1)C(=O)CSc1ccc(Cl)cc1. The molecule has 2 aromatic carbocycles.